The summed E-state index contributed by atoms with van der Waals surface area (Å²) in [5.74, 6) is 0. The second kappa shape index (κ2) is 6.35. The fourth-order valence-electron chi connectivity index (χ4n) is 2.65. The summed E-state index contributed by atoms with van der Waals surface area (Å²) in [5.41, 5.74) is 1.19. The van der Waals surface area contributed by atoms with Crippen LogP contribution in [0.25, 0.3) is 0 Å². The zero-order valence-electron chi connectivity index (χ0n) is 11.2. The lowest BCUT2D eigenvalue weighted by Crippen LogP contribution is -2.47. The van der Waals surface area contributed by atoms with Crippen LogP contribution in [0.1, 0.15) is 11.6 Å². The molecular weight excluding hydrogens is 274 g/mol. The molecule has 0 spiro atoms. The van der Waals surface area contributed by atoms with Crippen molar-refractivity contribution in [3.8, 4) is 0 Å². The van der Waals surface area contributed by atoms with Gasteiger partial charge >= 0.3 is 0 Å². The lowest BCUT2D eigenvalue weighted by atomic mass is 10.0. The van der Waals surface area contributed by atoms with E-state index in [2.05, 4.69) is 26.4 Å². The number of piperazine rings is 1. The molecule has 1 saturated heterocycles. The van der Waals surface area contributed by atoms with E-state index < -0.39 is 0 Å². The number of hydrogen-bond acceptors (Lipinski definition) is 4. The summed E-state index contributed by atoms with van der Waals surface area (Å²) in [6, 6.07) is 8.41. The number of aromatic nitrogens is 3. The molecule has 0 aliphatic carbocycles. The van der Waals surface area contributed by atoms with Crippen LogP contribution in [0.5, 0.6) is 0 Å². The van der Waals surface area contributed by atoms with Gasteiger partial charge in [0.25, 0.3) is 0 Å². The summed E-state index contributed by atoms with van der Waals surface area (Å²) in [7, 11) is 0. The van der Waals surface area contributed by atoms with E-state index in [-0.39, 0.29) is 0 Å². The number of hydrogen-bond donors (Lipinski definition) is 1. The summed E-state index contributed by atoms with van der Waals surface area (Å²) in [6.07, 6.45) is 3.33. The van der Waals surface area contributed by atoms with Crippen LogP contribution in [-0.4, -0.2) is 45.8 Å². The van der Waals surface area contributed by atoms with Gasteiger partial charge in [-0.25, -0.2) is 4.98 Å². The predicted molar refractivity (Wildman–Crippen MR) is 78.7 cm³/mol. The number of benzene rings is 1. The molecule has 0 saturated carbocycles. The topological polar surface area (TPSA) is 46.0 Å². The maximum atomic E-state index is 6.34. The molecule has 2 heterocycles. The van der Waals surface area contributed by atoms with Gasteiger partial charge in [-0.2, -0.15) is 5.10 Å². The summed E-state index contributed by atoms with van der Waals surface area (Å²) in [4.78, 5) is 6.43. The van der Waals surface area contributed by atoms with Crippen molar-refractivity contribution in [1.82, 2.24) is 25.0 Å². The van der Waals surface area contributed by atoms with E-state index in [4.69, 9.17) is 11.6 Å². The maximum Gasteiger partial charge on any atom is 0.137 e. The fraction of sp³-hybridized carbons (Fsp3) is 0.429. The van der Waals surface area contributed by atoms with Crippen LogP contribution in [0.2, 0.25) is 5.02 Å². The third-order valence-corrected chi connectivity index (χ3v) is 4.05. The molecule has 0 amide bonds. The molecule has 1 aliphatic rings. The minimum atomic E-state index is 0.320. The molecule has 6 heteroatoms. The van der Waals surface area contributed by atoms with Crippen molar-refractivity contribution >= 4 is 11.6 Å². The first-order chi connectivity index (χ1) is 9.84. The van der Waals surface area contributed by atoms with Gasteiger partial charge in [-0.3, -0.25) is 9.58 Å². The largest absolute Gasteiger partial charge is 0.314 e. The average molecular weight is 292 g/mol. The molecule has 0 radical (unpaired) electrons. The Labute approximate surface area is 123 Å². The summed E-state index contributed by atoms with van der Waals surface area (Å²) < 4.78 is 1.87. The smallest absolute Gasteiger partial charge is 0.137 e. The Balaban J connectivity index is 1.72. The lowest BCUT2D eigenvalue weighted by Gasteiger charge is -2.36. The van der Waals surface area contributed by atoms with E-state index in [1.807, 2.05) is 22.9 Å². The molecule has 0 bridgehead atoms. The van der Waals surface area contributed by atoms with Crippen LogP contribution in [0, 0.1) is 0 Å². The van der Waals surface area contributed by atoms with Gasteiger partial charge in [0.15, 0.2) is 0 Å². The lowest BCUT2D eigenvalue weighted by molar-refractivity contribution is 0.154. The molecule has 1 aromatic carbocycles. The van der Waals surface area contributed by atoms with Crippen LogP contribution >= 0.6 is 11.6 Å². The SMILES string of the molecule is Clc1ccccc1C1CNCCN1CCn1cncn1. The zero-order chi connectivity index (χ0) is 13.8. The Kier molecular flexibility index (Phi) is 4.30. The van der Waals surface area contributed by atoms with E-state index in [0.29, 0.717) is 6.04 Å². The van der Waals surface area contributed by atoms with Gasteiger partial charge in [0.1, 0.15) is 12.7 Å². The van der Waals surface area contributed by atoms with Crippen molar-refractivity contribution in [2.24, 2.45) is 0 Å². The summed E-state index contributed by atoms with van der Waals surface area (Å²) in [5, 5.41) is 8.44. The molecule has 1 N–H and O–H groups in total. The molecule has 1 fully saturated rings. The highest BCUT2D eigenvalue weighted by Gasteiger charge is 2.24. The Bertz CT molecular complexity index is 542. The zero-order valence-corrected chi connectivity index (χ0v) is 12.0. The van der Waals surface area contributed by atoms with E-state index in [1.54, 1.807) is 12.7 Å². The van der Waals surface area contributed by atoms with Crippen LogP contribution in [0.3, 0.4) is 0 Å². The quantitative estimate of drug-likeness (QED) is 0.929. The highest BCUT2D eigenvalue weighted by Crippen LogP contribution is 2.28. The normalized spacial score (nSPS) is 20.1. The van der Waals surface area contributed by atoms with Gasteiger partial charge in [-0.05, 0) is 11.6 Å². The summed E-state index contributed by atoms with van der Waals surface area (Å²) >= 11 is 6.34. The molecule has 1 aromatic heterocycles. The minimum Gasteiger partial charge on any atom is -0.314 e. The highest BCUT2D eigenvalue weighted by atomic mass is 35.5. The molecule has 1 unspecified atom stereocenters. The monoisotopic (exact) mass is 291 g/mol. The second-order valence-electron chi connectivity index (χ2n) is 4.94. The van der Waals surface area contributed by atoms with Crippen molar-refractivity contribution in [3.63, 3.8) is 0 Å². The third-order valence-electron chi connectivity index (χ3n) is 3.70. The molecule has 3 rings (SSSR count). The van der Waals surface area contributed by atoms with Crippen molar-refractivity contribution in [1.29, 1.82) is 0 Å². The highest BCUT2D eigenvalue weighted by molar-refractivity contribution is 6.31. The van der Waals surface area contributed by atoms with Gasteiger partial charge in [-0.15, -0.1) is 0 Å². The Morgan fingerprint density at radius 1 is 1.30 bits per heavy atom. The maximum absolute atomic E-state index is 6.34. The van der Waals surface area contributed by atoms with Crippen molar-refractivity contribution in [3.05, 3.63) is 47.5 Å². The second-order valence-corrected chi connectivity index (χ2v) is 5.34. The average Bonchev–Trinajstić information content (AvgIpc) is 2.99. The first-order valence-electron chi connectivity index (χ1n) is 6.86. The van der Waals surface area contributed by atoms with Gasteiger partial charge in [-0.1, -0.05) is 29.8 Å². The van der Waals surface area contributed by atoms with Crippen LogP contribution in [0.4, 0.5) is 0 Å². The van der Waals surface area contributed by atoms with E-state index in [1.165, 1.54) is 5.56 Å². The number of halogens is 1. The van der Waals surface area contributed by atoms with Gasteiger partial charge in [0, 0.05) is 37.2 Å². The minimum absolute atomic E-state index is 0.320. The third kappa shape index (κ3) is 3.00. The molecule has 106 valence electrons. The van der Waals surface area contributed by atoms with Gasteiger partial charge < -0.3 is 5.32 Å². The Hall–Kier alpha value is -1.43. The first-order valence-corrected chi connectivity index (χ1v) is 7.24. The van der Waals surface area contributed by atoms with Crippen molar-refractivity contribution in [2.45, 2.75) is 12.6 Å². The predicted octanol–water partition coefficient (Wildman–Crippen LogP) is 1.58. The summed E-state index contributed by atoms with van der Waals surface area (Å²) in [6.45, 7) is 4.76. The molecular formula is C14H18ClN5. The van der Waals surface area contributed by atoms with Crippen molar-refractivity contribution in [2.75, 3.05) is 26.2 Å². The Morgan fingerprint density at radius 2 is 2.20 bits per heavy atom. The molecule has 1 aliphatic heterocycles. The fourth-order valence-corrected chi connectivity index (χ4v) is 2.91. The van der Waals surface area contributed by atoms with E-state index in [0.717, 1.165) is 37.7 Å². The van der Waals surface area contributed by atoms with Crippen LogP contribution in [-0.2, 0) is 6.54 Å². The first kappa shape index (κ1) is 13.5. The van der Waals surface area contributed by atoms with E-state index >= 15 is 0 Å². The standard InChI is InChI=1S/C14H18ClN5/c15-13-4-2-1-3-12(13)14-9-16-5-6-19(14)7-8-20-11-17-10-18-20/h1-4,10-11,14,16H,5-9H2. The van der Waals surface area contributed by atoms with Crippen LogP contribution < -0.4 is 5.32 Å². The van der Waals surface area contributed by atoms with Gasteiger partial charge in [0.2, 0.25) is 0 Å². The molecule has 20 heavy (non-hydrogen) atoms. The molecule has 2 aromatic rings. The molecule has 1 atom stereocenters. The van der Waals surface area contributed by atoms with E-state index in [9.17, 15) is 0 Å². The van der Waals surface area contributed by atoms with Crippen LogP contribution in [0.15, 0.2) is 36.9 Å². The number of nitrogens with zero attached hydrogens (tertiary/aromatic N) is 4. The Morgan fingerprint density at radius 3 is 3.00 bits per heavy atom. The van der Waals surface area contributed by atoms with Gasteiger partial charge in [0.05, 0.1) is 6.54 Å². The van der Waals surface area contributed by atoms with Crippen molar-refractivity contribution < 1.29 is 0 Å². The number of rotatable bonds is 4. The number of nitrogens with one attached hydrogen (secondary N) is 1. The molecule has 5 nitrogen and oxygen atoms in total.